The van der Waals surface area contributed by atoms with Crippen molar-refractivity contribution in [1.29, 1.82) is 0 Å². The van der Waals surface area contributed by atoms with Crippen molar-refractivity contribution in [2.24, 2.45) is 7.05 Å². The van der Waals surface area contributed by atoms with Crippen LogP contribution < -0.4 is 5.32 Å². The molecule has 0 amide bonds. The van der Waals surface area contributed by atoms with E-state index in [0.717, 1.165) is 18.0 Å². The van der Waals surface area contributed by atoms with Crippen molar-refractivity contribution < 1.29 is 0 Å². The quantitative estimate of drug-likeness (QED) is 0.897. The molecule has 1 N–H and O–H groups in total. The highest BCUT2D eigenvalue weighted by molar-refractivity contribution is 6.30. The van der Waals surface area contributed by atoms with Gasteiger partial charge in [-0.2, -0.15) is 5.10 Å². The van der Waals surface area contributed by atoms with Gasteiger partial charge in [-0.15, -0.1) is 0 Å². The number of aromatic nitrogens is 2. The molecular weight excluding hydrogens is 246 g/mol. The molecule has 0 saturated heterocycles. The predicted molar refractivity (Wildman–Crippen MR) is 74.5 cm³/mol. The van der Waals surface area contributed by atoms with Gasteiger partial charge in [0.05, 0.1) is 5.69 Å². The number of rotatable bonds is 5. The van der Waals surface area contributed by atoms with E-state index in [0.29, 0.717) is 6.04 Å². The average molecular weight is 264 g/mol. The molecule has 1 aromatic heterocycles. The summed E-state index contributed by atoms with van der Waals surface area (Å²) >= 11 is 5.91. The summed E-state index contributed by atoms with van der Waals surface area (Å²) in [4.78, 5) is 0. The van der Waals surface area contributed by atoms with E-state index in [1.807, 2.05) is 36.1 Å². The van der Waals surface area contributed by atoms with Gasteiger partial charge in [0, 0.05) is 30.9 Å². The van der Waals surface area contributed by atoms with E-state index < -0.39 is 0 Å². The second kappa shape index (κ2) is 6.03. The molecule has 2 aromatic rings. The van der Waals surface area contributed by atoms with Crippen LogP contribution in [0.4, 0.5) is 0 Å². The average Bonchev–Trinajstić information content (AvgIpc) is 2.78. The minimum absolute atomic E-state index is 0.345. The van der Waals surface area contributed by atoms with Gasteiger partial charge in [-0.3, -0.25) is 4.68 Å². The van der Waals surface area contributed by atoms with Gasteiger partial charge in [0.2, 0.25) is 0 Å². The van der Waals surface area contributed by atoms with E-state index in [1.165, 1.54) is 11.3 Å². The Morgan fingerprint density at radius 3 is 2.56 bits per heavy atom. The zero-order valence-electron chi connectivity index (χ0n) is 10.7. The molecule has 3 nitrogen and oxygen atoms in total. The van der Waals surface area contributed by atoms with Gasteiger partial charge in [0.15, 0.2) is 0 Å². The zero-order chi connectivity index (χ0) is 13.0. The van der Waals surface area contributed by atoms with Gasteiger partial charge in [0.1, 0.15) is 0 Å². The van der Waals surface area contributed by atoms with Crippen LogP contribution >= 0.6 is 11.6 Å². The summed E-state index contributed by atoms with van der Waals surface area (Å²) in [5, 5.41) is 8.49. The van der Waals surface area contributed by atoms with Crippen molar-refractivity contribution in [3.8, 4) is 0 Å². The molecule has 0 aliphatic heterocycles. The lowest BCUT2D eigenvalue weighted by atomic mass is 10.0. The third-order valence-electron chi connectivity index (χ3n) is 3.13. The first-order valence-corrected chi connectivity index (χ1v) is 6.54. The number of nitrogens with zero attached hydrogens (tertiary/aromatic N) is 2. The second-order valence-electron chi connectivity index (χ2n) is 4.34. The standard InChI is InChI=1S/C14H18ClN3/c1-3-14(11-4-6-12(15)7-5-11)16-10-13-8-9-17-18(13)2/h4-9,14,16H,3,10H2,1-2H3. The highest BCUT2D eigenvalue weighted by atomic mass is 35.5. The molecule has 2 rings (SSSR count). The topological polar surface area (TPSA) is 29.9 Å². The zero-order valence-corrected chi connectivity index (χ0v) is 11.5. The van der Waals surface area contributed by atoms with Crippen molar-refractivity contribution in [2.45, 2.75) is 25.9 Å². The molecule has 0 aliphatic rings. The van der Waals surface area contributed by atoms with Gasteiger partial charge in [-0.05, 0) is 30.2 Å². The summed E-state index contributed by atoms with van der Waals surface area (Å²) in [6.07, 6.45) is 2.86. The number of nitrogens with one attached hydrogen (secondary N) is 1. The summed E-state index contributed by atoms with van der Waals surface area (Å²) in [7, 11) is 1.96. The van der Waals surface area contributed by atoms with Gasteiger partial charge >= 0.3 is 0 Å². The first-order chi connectivity index (χ1) is 8.70. The van der Waals surface area contributed by atoms with Crippen molar-refractivity contribution >= 4 is 11.6 Å². The van der Waals surface area contributed by atoms with E-state index >= 15 is 0 Å². The van der Waals surface area contributed by atoms with Crippen LogP contribution in [0.2, 0.25) is 5.02 Å². The highest BCUT2D eigenvalue weighted by Crippen LogP contribution is 2.19. The lowest BCUT2D eigenvalue weighted by molar-refractivity contribution is 0.503. The predicted octanol–water partition coefficient (Wildman–Crippen LogP) is 3.31. The molecule has 1 unspecified atom stereocenters. The Kier molecular flexibility index (Phi) is 4.39. The van der Waals surface area contributed by atoms with E-state index in [4.69, 9.17) is 11.6 Å². The van der Waals surface area contributed by atoms with Crippen molar-refractivity contribution in [3.05, 3.63) is 52.8 Å². The summed E-state index contributed by atoms with van der Waals surface area (Å²) in [6, 6.07) is 10.4. The fourth-order valence-corrected chi connectivity index (χ4v) is 2.12. The second-order valence-corrected chi connectivity index (χ2v) is 4.78. The molecule has 0 fully saturated rings. The maximum Gasteiger partial charge on any atom is 0.0518 e. The molecule has 0 aliphatic carbocycles. The first-order valence-electron chi connectivity index (χ1n) is 6.16. The molecule has 0 saturated carbocycles. The lowest BCUT2D eigenvalue weighted by Crippen LogP contribution is -2.21. The molecule has 1 aromatic carbocycles. The Hall–Kier alpha value is -1.32. The van der Waals surface area contributed by atoms with Crippen molar-refractivity contribution in [3.63, 3.8) is 0 Å². The number of halogens is 1. The highest BCUT2D eigenvalue weighted by Gasteiger charge is 2.09. The fraction of sp³-hybridized carbons (Fsp3) is 0.357. The minimum atomic E-state index is 0.345. The number of aryl methyl sites for hydroxylation is 1. The molecule has 1 heterocycles. The molecule has 4 heteroatoms. The molecule has 0 radical (unpaired) electrons. The lowest BCUT2D eigenvalue weighted by Gasteiger charge is -2.17. The van der Waals surface area contributed by atoms with Crippen LogP contribution in [-0.4, -0.2) is 9.78 Å². The Balaban J connectivity index is 2.01. The van der Waals surface area contributed by atoms with Crippen LogP contribution in [0.25, 0.3) is 0 Å². The van der Waals surface area contributed by atoms with Gasteiger partial charge < -0.3 is 5.32 Å². The third kappa shape index (κ3) is 3.12. The van der Waals surface area contributed by atoms with E-state index in [2.05, 4.69) is 29.5 Å². The molecule has 1 atom stereocenters. The number of hydrogen-bond acceptors (Lipinski definition) is 2. The maximum atomic E-state index is 5.91. The summed E-state index contributed by atoms with van der Waals surface area (Å²) < 4.78 is 1.89. The SMILES string of the molecule is CCC(NCc1ccnn1C)c1ccc(Cl)cc1. The smallest absolute Gasteiger partial charge is 0.0518 e. The van der Waals surface area contributed by atoms with Crippen LogP contribution in [0.15, 0.2) is 36.5 Å². The van der Waals surface area contributed by atoms with Crippen LogP contribution in [0.3, 0.4) is 0 Å². The largest absolute Gasteiger partial charge is 0.304 e. The molecular formula is C14H18ClN3. The maximum absolute atomic E-state index is 5.91. The van der Waals surface area contributed by atoms with Crippen molar-refractivity contribution in [1.82, 2.24) is 15.1 Å². The minimum Gasteiger partial charge on any atom is -0.304 e. The molecule has 96 valence electrons. The summed E-state index contributed by atoms with van der Waals surface area (Å²) in [5.41, 5.74) is 2.45. The summed E-state index contributed by atoms with van der Waals surface area (Å²) in [6.45, 7) is 2.99. The normalized spacial score (nSPS) is 12.6. The van der Waals surface area contributed by atoms with E-state index in [1.54, 1.807) is 0 Å². The van der Waals surface area contributed by atoms with Crippen molar-refractivity contribution in [2.75, 3.05) is 0 Å². The van der Waals surface area contributed by atoms with Crippen LogP contribution in [-0.2, 0) is 13.6 Å². The Bertz CT molecular complexity index is 490. The Labute approximate surface area is 113 Å². The van der Waals surface area contributed by atoms with Crippen LogP contribution in [0, 0.1) is 0 Å². The Morgan fingerprint density at radius 2 is 2.00 bits per heavy atom. The van der Waals surface area contributed by atoms with E-state index in [9.17, 15) is 0 Å². The van der Waals surface area contributed by atoms with Crippen LogP contribution in [0.1, 0.15) is 30.6 Å². The molecule has 18 heavy (non-hydrogen) atoms. The number of benzene rings is 1. The molecule has 0 bridgehead atoms. The Morgan fingerprint density at radius 1 is 1.28 bits per heavy atom. The first kappa shape index (κ1) is 13.1. The molecule has 0 spiro atoms. The third-order valence-corrected chi connectivity index (χ3v) is 3.38. The van der Waals surface area contributed by atoms with Gasteiger partial charge in [0.25, 0.3) is 0 Å². The van der Waals surface area contributed by atoms with Gasteiger partial charge in [-0.25, -0.2) is 0 Å². The van der Waals surface area contributed by atoms with Crippen LogP contribution in [0.5, 0.6) is 0 Å². The summed E-state index contributed by atoms with van der Waals surface area (Å²) in [5.74, 6) is 0. The number of hydrogen-bond donors (Lipinski definition) is 1. The monoisotopic (exact) mass is 263 g/mol. The van der Waals surface area contributed by atoms with E-state index in [-0.39, 0.29) is 0 Å². The van der Waals surface area contributed by atoms with Gasteiger partial charge in [-0.1, -0.05) is 30.7 Å². The fourth-order valence-electron chi connectivity index (χ4n) is 2.00.